The molecule has 0 saturated heterocycles. The first-order chi connectivity index (χ1) is 8.10. The molecule has 0 aromatic heterocycles. The molecule has 0 radical (unpaired) electrons. The van der Waals surface area contributed by atoms with Crippen LogP contribution in [0.2, 0.25) is 0 Å². The number of rotatable bonds is 7. The summed E-state index contributed by atoms with van der Waals surface area (Å²) in [6.45, 7) is 12.7. The Morgan fingerprint density at radius 2 is 1.83 bits per heavy atom. The minimum atomic E-state index is -0.568. The second-order valence-corrected chi connectivity index (χ2v) is 8.11. The Bertz CT molecular complexity index is 261. The van der Waals surface area contributed by atoms with Gasteiger partial charge in [-0.2, -0.15) is 11.8 Å². The fourth-order valence-electron chi connectivity index (χ4n) is 1.90. The Hall–Kier alpha value is -0.220. The highest BCUT2D eigenvalue weighted by molar-refractivity contribution is 8.00. The number of nitrogens with one attached hydrogen (secondary N) is 1. The molecule has 108 valence electrons. The first-order valence-corrected chi connectivity index (χ1v) is 7.59. The summed E-state index contributed by atoms with van der Waals surface area (Å²) in [5, 5.41) is 3.32. The summed E-state index contributed by atoms with van der Waals surface area (Å²) in [6, 6.07) is 0.268. The SMILES string of the molecule is COC(=O)C(C)(CCCSC(C)(C)C)NC(C)C. The molecule has 0 aromatic rings. The van der Waals surface area contributed by atoms with E-state index in [4.69, 9.17) is 4.74 Å². The Kier molecular flexibility index (Phi) is 7.30. The van der Waals surface area contributed by atoms with Crippen LogP contribution in [0.5, 0.6) is 0 Å². The Morgan fingerprint density at radius 3 is 2.22 bits per heavy atom. The zero-order valence-electron chi connectivity index (χ0n) is 12.9. The van der Waals surface area contributed by atoms with Gasteiger partial charge in [0.1, 0.15) is 5.54 Å². The highest BCUT2D eigenvalue weighted by atomic mass is 32.2. The van der Waals surface area contributed by atoms with Gasteiger partial charge >= 0.3 is 5.97 Å². The topological polar surface area (TPSA) is 38.3 Å². The normalized spacial score (nSPS) is 15.6. The minimum Gasteiger partial charge on any atom is -0.468 e. The van der Waals surface area contributed by atoms with Gasteiger partial charge in [0.2, 0.25) is 0 Å². The van der Waals surface area contributed by atoms with Gasteiger partial charge in [0.05, 0.1) is 7.11 Å². The van der Waals surface area contributed by atoms with Crippen molar-refractivity contribution >= 4 is 17.7 Å². The van der Waals surface area contributed by atoms with E-state index in [-0.39, 0.29) is 16.8 Å². The van der Waals surface area contributed by atoms with Gasteiger partial charge < -0.3 is 4.74 Å². The highest BCUT2D eigenvalue weighted by Gasteiger charge is 2.34. The van der Waals surface area contributed by atoms with E-state index in [2.05, 4.69) is 26.1 Å². The van der Waals surface area contributed by atoms with Crippen LogP contribution in [0.1, 0.15) is 54.4 Å². The predicted octanol–water partition coefficient (Wildman–Crippen LogP) is 3.23. The van der Waals surface area contributed by atoms with Crippen LogP contribution in [0.4, 0.5) is 0 Å². The second kappa shape index (κ2) is 7.39. The molecule has 1 atom stereocenters. The lowest BCUT2D eigenvalue weighted by molar-refractivity contribution is -0.148. The van der Waals surface area contributed by atoms with Gasteiger partial charge in [-0.15, -0.1) is 0 Å². The van der Waals surface area contributed by atoms with Crippen LogP contribution >= 0.6 is 11.8 Å². The number of thioether (sulfide) groups is 1. The Balaban J connectivity index is 4.30. The monoisotopic (exact) mass is 275 g/mol. The van der Waals surface area contributed by atoms with Crippen molar-refractivity contribution in [1.29, 1.82) is 0 Å². The van der Waals surface area contributed by atoms with E-state index < -0.39 is 5.54 Å². The van der Waals surface area contributed by atoms with Crippen molar-refractivity contribution in [3.8, 4) is 0 Å². The molecule has 0 rings (SSSR count). The summed E-state index contributed by atoms with van der Waals surface area (Å²) >= 11 is 1.93. The number of methoxy groups -OCH3 is 1. The molecule has 1 N–H and O–H groups in total. The molecular formula is C14H29NO2S. The average molecular weight is 275 g/mol. The molecule has 0 aliphatic carbocycles. The molecule has 0 aliphatic heterocycles. The number of carbonyl (C=O) groups excluding carboxylic acids is 1. The van der Waals surface area contributed by atoms with Crippen LogP contribution in [0.15, 0.2) is 0 Å². The predicted molar refractivity (Wildman–Crippen MR) is 80.1 cm³/mol. The fraction of sp³-hybridized carbons (Fsp3) is 0.929. The zero-order chi connectivity index (χ0) is 14.4. The zero-order valence-corrected chi connectivity index (χ0v) is 13.7. The lowest BCUT2D eigenvalue weighted by Gasteiger charge is -2.30. The van der Waals surface area contributed by atoms with E-state index in [1.807, 2.05) is 32.5 Å². The maximum absolute atomic E-state index is 11.9. The van der Waals surface area contributed by atoms with Crippen LogP contribution in [0.25, 0.3) is 0 Å². The quantitative estimate of drug-likeness (QED) is 0.572. The summed E-state index contributed by atoms with van der Waals surface area (Å²) in [5.41, 5.74) is -0.568. The summed E-state index contributed by atoms with van der Waals surface area (Å²) in [6.07, 6.45) is 1.81. The molecular weight excluding hydrogens is 246 g/mol. The van der Waals surface area contributed by atoms with Crippen molar-refractivity contribution in [2.24, 2.45) is 0 Å². The van der Waals surface area contributed by atoms with E-state index in [0.29, 0.717) is 0 Å². The molecule has 1 unspecified atom stereocenters. The van der Waals surface area contributed by atoms with Crippen molar-refractivity contribution in [1.82, 2.24) is 5.32 Å². The van der Waals surface area contributed by atoms with E-state index in [1.165, 1.54) is 7.11 Å². The molecule has 0 spiro atoms. The summed E-state index contributed by atoms with van der Waals surface area (Å²) < 4.78 is 5.19. The molecule has 0 aliphatic rings. The number of carbonyl (C=O) groups is 1. The molecule has 0 fully saturated rings. The third kappa shape index (κ3) is 7.27. The molecule has 4 heteroatoms. The number of ether oxygens (including phenoxy) is 1. The van der Waals surface area contributed by atoms with E-state index in [0.717, 1.165) is 18.6 Å². The van der Waals surface area contributed by atoms with Crippen LogP contribution in [0, 0.1) is 0 Å². The standard InChI is InChI=1S/C14H29NO2S/c1-11(2)15-14(6,12(16)17-7)9-8-10-18-13(3,4)5/h11,15H,8-10H2,1-7H3. The van der Waals surface area contributed by atoms with Gasteiger partial charge in [0, 0.05) is 10.8 Å². The molecule has 0 amide bonds. The Labute approximate surface area is 116 Å². The van der Waals surface area contributed by atoms with Crippen molar-refractivity contribution in [3.05, 3.63) is 0 Å². The largest absolute Gasteiger partial charge is 0.468 e. The molecule has 3 nitrogen and oxygen atoms in total. The second-order valence-electron chi connectivity index (χ2n) is 6.19. The van der Waals surface area contributed by atoms with Gasteiger partial charge in [0.15, 0.2) is 0 Å². The summed E-state index contributed by atoms with van der Waals surface area (Å²) in [5.74, 6) is 0.896. The lowest BCUT2D eigenvalue weighted by Crippen LogP contribution is -2.53. The number of esters is 1. The molecule has 0 aromatic carbocycles. The smallest absolute Gasteiger partial charge is 0.325 e. The van der Waals surface area contributed by atoms with Gasteiger partial charge in [-0.1, -0.05) is 20.8 Å². The minimum absolute atomic E-state index is 0.169. The summed E-state index contributed by atoms with van der Waals surface area (Å²) in [4.78, 5) is 11.9. The van der Waals surface area contributed by atoms with Crippen LogP contribution in [0.3, 0.4) is 0 Å². The molecule has 0 bridgehead atoms. The van der Waals surface area contributed by atoms with E-state index in [9.17, 15) is 4.79 Å². The van der Waals surface area contributed by atoms with Crippen molar-refractivity contribution in [3.63, 3.8) is 0 Å². The van der Waals surface area contributed by atoms with Crippen molar-refractivity contribution in [2.75, 3.05) is 12.9 Å². The maximum atomic E-state index is 11.9. The lowest BCUT2D eigenvalue weighted by atomic mass is 9.95. The van der Waals surface area contributed by atoms with Crippen LogP contribution in [-0.2, 0) is 9.53 Å². The Morgan fingerprint density at radius 1 is 1.28 bits per heavy atom. The number of hydrogen-bond donors (Lipinski definition) is 1. The van der Waals surface area contributed by atoms with Crippen molar-refractivity contribution < 1.29 is 9.53 Å². The molecule has 0 heterocycles. The van der Waals surface area contributed by atoms with Crippen LogP contribution in [-0.4, -0.2) is 35.2 Å². The highest BCUT2D eigenvalue weighted by Crippen LogP contribution is 2.26. The molecule has 18 heavy (non-hydrogen) atoms. The van der Waals surface area contributed by atoms with E-state index >= 15 is 0 Å². The first-order valence-electron chi connectivity index (χ1n) is 6.61. The third-order valence-corrected chi connectivity index (χ3v) is 3.96. The van der Waals surface area contributed by atoms with Crippen LogP contribution < -0.4 is 5.32 Å². The first kappa shape index (κ1) is 17.8. The average Bonchev–Trinajstić information content (AvgIpc) is 2.21. The van der Waals surface area contributed by atoms with E-state index in [1.54, 1.807) is 0 Å². The van der Waals surface area contributed by atoms with Crippen molar-refractivity contribution in [2.45, 2.75) is 70.7 Å². The molecule has 0 saturated carbocycles. The third-order valence-electron chi connectivity index (χ3n) is 2.60. The van der Waals surface area contributed by atoms with Gasteiger partial charge in [-0.25, -0.2) is 0 Å². The number of hydrogen-bond acceptors (Lipinski definition) is 4. The fourth-order valence-corrected chi connectivity index (χ4v) is 2.80. The van der Waals surface area contributed by atoms with Gasteiger partial charge in [-0.05, 0) is 39.4 Å². The summed E-state index contributed by atoms with van der Waals surface area (Å²) in [7, 11) is 1.45. The van der Waals surface area contributed by atoms with Gasteiger partial charge in [0.25, 0.3) is 0 Å². The maximum Gasteiger partial charge on any atom is 0.325 e. The van der Waals surface area contributed by atoms with Gasteiger partial charge in [-0.3, -0.25) is 10.1 Å².